The molecule has 9 nitrogen and oxygen atoms in total. The Bertz CT molecular complexity index is 987. The number of hydrogen-bond acceptors (Lipinski definition) is 7. The Labute approximate surface area is 200 Å². The van der Waals surface area contributed by atoms with Gasteiger partial charge < -0.3 is 18.6 Å². The van der Waals surface area contributed by atoms with E-state index in [0.29, 0.717) is 37.0 Å². The second-order valence-corrected chi connectivity index (χ2v) is 10.5. The van der Waals surface area contributed by atoms with E-state index in [1.54, 1.807) is 6.07 Å². The van der Waals surface area contributed by atoms with Crippen molar-refractivity contribution in [2.45, 2.75) is 64.3 Å². The summed E-state index contributed by atoms with van der Waals surface area (Å²) >= 11 is 0. The highest BCUT2D eigenvalue weighted by atomic mass is 16.4. The van der Waals surface area contributed by atoms with Gasteiger partial charge in [-0.3, -0.25) is 14.5 Å². The van der Waals surface area contributed by atoms with Crippen molar-refractivity contribution in [2.24, 2.45) is 5.41 Å². The van der Waals surface area contributed by atoms with Crippen LogP contribution in [0, 0.1) is 5.41 Å². The molecule has 2 aromatic rings. The number of piperidine rings is 2. The van der Waals surface area contributed by atoms with Gasteiger partial charge in [0.05, 0.1) is 24.4 Å². The maximum Gasteiger partial charge on any atom is 0.257 e. The summed E-state index contributed by atoms with van der Waals surface area (Å²) < 4.78 is 11.2. The van der Waals surface area contributed by atoms with E-state index in [1.165, 1.54) is 18.9 Å². The predicted octanol–water partition coefficient (Wildman–Crippen LogP) is 3.47. The number of hydrogen-bond donors (Lipinski definition) is 0. The molecule has 5 heterocycles. The van der Waals surface area contributed by atoms with Gasteiger partial charge in [-0.1, -0.05) is 13.8 Å². The van der Waals surface area contributed by atoms with Crippen molar-refractivity contribution in [3.8, 4) is 0 Å². The van der Waals surface area contributed by atoms with Crippen molar-refractivity contribution in [1.82, 2.24) is 24.9 Å². The molecule has 1 unspecified atom stereocenters. The molecule has 34 heavy (non-hydrogen) atoms. The van der Waals surface area contributed by atoms with Crippen LogP contribution in [0.25, 0.3) is 0 Å². The molecule has 0 radical (unpaired) electrons. The van der Waals surface area contributed by atoms with Crippen LogP contribution in [-0.2, 0) is 4.79 Å². The summed E-state index contributed by atoms with van der Waals surface area (Å²) in [6, 6.07) is 1.65. The Kier molecular flexibility index (Phi) is 6.46. The summed E-state index contributed by atoms with van der Waals surface area (Å²) in [5.41, 5.74) is 0.632. The average Bonchev–Trinajstić information content (AvgIpc) is 3.61. The molecule has 3 aliphatic heterocycles. The van der Waals surface area contributed by atoms with Crippen molar-refractivity contribution < 1.29 is 18.4 Å². The molecule has 3 saturated heterocycles. The van der Waals surface area contributed by atoms with Crippen LogP contribution >= 0.6 is 0 Å². The molecule has 0 N–H and O–H groups in total. The van der Waals surface area contributed by atoms with Crippen LogP contribution in [0.5, 0.6) is 0 Å². The van der Waals surface area contributed by atoms with Gasteiger partial charge >= 0.3 is 0 Å². The molecule has 2 amide bonds. The number of amides is 2. The number of carbonyl (C=O) groups excluding carboxylic acids is 2. The number of nitrogens with zero attached hydrogens (tertiary/aromatic N) is 5. The fourth-order valence-corrected chi connectivity index (χ4v) is 5.70. The molecule has 1 spiro atoms. The average molecular weight is 470 g/mol. The molecular formula is C25H35N5O4. The molecule has 0 bridgehead atoms. The molecule has 0 saturated carbocycles. The third kappa shape index (κ3) is 4.62. The van der Waals surface area contributed by atoms with E-state index >= 15 is 0 Å². The highest BCUT2D eigenvalue weighted by Crippen LogP contribution is 2.49. The normalized spacial score (nSPS) is 23.2. The summed E-state index contributed by atoms with van der Waals surface area (Å²) in [6.45, 7) is 8.37. The molecule has 2 aromatic heterocycles. The van der Waals surface area contributed by atoms with Crippen LogP contribution in [-0.4, -0.2) is 76.0 Å². The third-order valence-electron chi connectivity index (χ3n) is 7.77. The first-order valence-electron chi connectivity index (χ1n) is 12.6. The lowest BCUT2D eigenvalue weighted by Gasteiger charge is -2.39. The Morgan fingerprint density at radius 2 is 1.85 bits per heavy atom. The van der Waals surface area contributed by atoms with E-state index in [0.717, 1.165) is 51.7 Å². The fraction of sp³-hybridized carbons (Fsp3) is 0.680. The Morgan fingerprint density at radius 1 is 1.09 bits per heavy atom. The maximum absolute atomic E-state index is 13.1. The molecule has 0 aromatic carbocycles. The van der Waals surface area contributed by atoms with Gasteiger partial charge in [0.15, 0.2) is 0 Å². The number of carbonyl (C=O) groups is 2. The molecule has 1 atom stereocenters. The van der Waals surface area contributed by atoms with Crippen LogP contribution in [0.15, 0.2) is 27.4 Å². The summed E-state index contributed by atoms with van der Waals surface area (Å²) in [4.78, 5) is 32.1. The number of likely N-dealkylation sites (tertiary alicyclic amines) is 3. The summed E-state index contributed by atoms with van der Waals surface area (Å²) in [6.07, 6.45) is 9.07. The smallest absolute Gasteiger partial charge is 0.257 e. The second kappa shape index (κ2) is 9.52. The van der Waals surface area contributed by atoms with Crippen molar-refractivity contribution in [3.05, 3.63) is 35.9 Å². The van der Waals surface area contributed by atoms with Gasteiger partial charge in [0.2, 0.25) is 17.7 Å². The van der Waals surface area contributed by atoms with Crippen LogP contribution < -0.4 is 0 Å². The monoisotopic (exact) mass is 469 g/mol. The predicted molar refractivity (Wildman–Crippen MR) is 124 cm³/mol. The van der Waals surface area contributed by atoms with Gasteiger partial charge in [-0.15, -0.1) is 10.2 Å². The quantitative estimate of drug-likeness (QED) is 0.662. The van der Waals surface area contributed by atoms with Gasteiger partial charge in [0.1, 0.15) is 6.26 Å². The minimum atomic E-state index is -0.0649. The molecule has 0 aliphatic carbocycles. The van der Waals surface area contributed by atoms with Crippen molar-refractivity contribution in [1.29, 1.82) is 0 Å². The van der Waals surface area contributed by atoms with Crippen LogP contribution in [0.2, 0.25) is 0 Å². The van der Waals surface area contributed by atoms with Crippen LogP contribution in [0.3, 0.4) is 0 Å². The zero-order valence-corrected chi connectivity index (χ0v) is 20.2. The first-order chi connectivity index (χ1) is 16.4. The van der Waals surface area contributed by atoms with Gasteiger partial charge in [-0.2, -0.15) is 0 Å². The molecular weight excluding hydrogens is 434 g/mol. The molecule has 5 rings (SSSR count). The SMILES string of the molecule is CC(C)c1nnc(C2CC3(CCN(C(=O)c4ccoc4)CC3)CN2CC(=O)N2CCCCC2)o1. The molecule has 184 valence electrons. The highest BCUT2D eigenvalue weighted by molar-refractivity contribution is 5.93. The van der Waals surface area contributed by atoms with Gasteiger partial charge in [0, 0.05) is 38.6 Å². The van der Waals surface area contributed by atoms with E-state index in [2.05, 4.69) is 15.1 Å². The Balaban J connectivity index is 1.31. The number of furan rings is 1. The standard InChI is InChI=1S/C25H35N5O4/c1-18(2)22-26-27-23(34-22)20-14-25(17-30(20)15-21(31)28-9-4-3-5-10-28)7-11-29(12-8-25)24(32)19-6-13-33-16-19/h6,13,16,18,20H,3-5,7-12,14-15,17H2,1-2H3. The maximum atomic E-state index is 13.1. The topological polar surface area (TPSA) is 95.9 Å². The van der Waals surface area contributed by atoms with Crippen LogP contribution in [0.1, 0.15) is 86.5 Å². The van der Waals surface area contributed by atoms with E-state index in [-0.39, 0.29) is 29.2 Å². The summed E-state index contributed by atoms with van der Waals surface area (Å²) in [5, 5.41) is 8.65. The zero-order chi connectivity index (χ0) is 23.7. The van der Waals surface area contributed by atoms with Gasteiger partial charge in [0.25, 0.3) is 5.91 Å². The van der Waals surface area contributed by atoms with E-state index in [9.17, 15) is 9.59 Å². The number of aromatic nitrogens is 2. The van der Waals surface area contributed by atoms with E-state index in [4.69, 9.17) is 8.83 Å². The summed E-state index contributed by atoms with van der Waals surface area (Å²) in [7, 11) is 0. The number of rotatable bonds is 5. The first kappa shape index (κ1) is 23.1. The van der Waals surface area contributed by atoms with Gasteiger partial charge in [-0.25, -0.2) is 0 Å². The highest BCUT2D eigenvalue weighted by Gasteiger charge is 2.49. The first-order valence-corrected chi connectivity index (χ1v) is 12.6. The molecule has 9 heteroatoms. The lowest BCUT2D eigenvalue weighted by molar-refractivity contribution is -0.133. The summed E-state index contributed by atoms with van der Waals surface area (Å²) in [5.74, 6) is 1.63. The van der Waals surface area contributed by atoms with E-state index in [1.807, 2.05) is 23.6 Å². The molecule has 3 fully saturated rings. The Morgan fingerprint density at radius 3 is 2.50 bits per heavy atom. The van der Waals surface area contributed by atoms with E-state index < -0.39 is 0 Å². The second-order valence-electron chi connectivity index (χ2n) is 10.5. The zero-order valence-electron chi connectivity index (χ0n) is 20.2. The van der Waals surface area contributed by atoms with Crippen molar-refractivity contribution >= 4 is 11.8 Å². The largest absolute Gasteiger partial charge is 0.472 e. The third-order valence-corrected chi connectivity index (χ3v) is 7.77. The van der Waals surface area contributed by atoms with Crippen LogP contribution in [0.4, 0.5) is 0 Å². The minimum Gasteiger partial charge on any atom is -0.472 e. The van der Waals surface area contributed by atoms with Crippen molar-refractivity contribution in [2.75, 3.05) is 39.3 Å². The van der Waals surface area contributed by atoms with Crippen molar-refractivity contribution in [3.63, 3.8) is 0 Å². The lowest BCUT2D eigenvalue weighted by Crippen LogP contribution is -2.46. The van der Waals surface area contributed by atoms with Gasteiger partial charge in [-0.05, 0) is 50.0 Å². The Hall–Kier alpha value is -2.68. The fourth-order valence-electron chi connectivity index (χ4n) is 5.70. The minimum absolute atomic E-state index is 0.0220. The lowest BCUT2D eigenvalue weighted by atomic mass is 9.76. The molecule has 3 aliphatic rings.